The van der Waals surface area contributed by atoms with Crippen LogP contribution in [-0.2, 0) is 14.3 Å². The van der Waals surface area contributed by atoms with Crippen LogP contribution in [0.5, 0.6) is 11.5 Å². The summed E-state index contributed by atoms with van der Waals surface area (Å²) in [6, 6.07) is 4.41. The first kappa shape index (κ1) is 21.0. The Morgan fingerprint density at radius 1 is 1.22 bits per heavy atom. The summed E-state index contributed by atoms with van der Waals surface area (Å²) in [7, 11) is 3.03. The third kappa shape index (κ3) is 6.43. The molecule has 1 aliphatic carbocycles. The maximum Gasteiger partial charge on any atom is 0.305 e. The zero-order chi connectivity index (χ0) is 19.8. The molecule has 27 heavy (non-hydrogen) atoms. The second-order valence-corrected chi connectivity index (χ2v) is 7.04. The number of benzene rings is 1. The lowest BCUT2D eigenvalue weighted by Crippen LogP contribution is -2.35. The van der Waals surface area contributed by atoms with Crippen molar-refractivity contribution in [2.45, 2.75) is 51.2 Å². The van der Waals surface area contributed by atoms with Crippen LogP contribution in [0.4, 0.5) is 0 Å². The van der Waals surface area contributed by atoms with Gasteiger partial charge in [0.05, 0.1) is 32.8 Å². The Hall–Kier alpha value is -2.28. The Labute approximate surface area is 160 Å². The summed E-state index contributed by atoms with van der Waals surface area (Å²) >= 11 is 0. The molecule has 1 amide bonds. The smallest absolute Gasteiger partial charge is 0.305 e. The Kier molecular flexibility index (Phi) is 7.91. The highest BCUT2D eigenvalue weighted by Gasteiger charge is 2.23. The van der Waals surface area contributed by atoms with Crippen molar-refractivity contribution in [1.29, 1.82) is 0 Å². The van der Waals surface area contributed by atoms with E-state index < -0.39 is 12.0 Å². The van der Waals surface area contributed by atoms with Crippen LogP contribution in [0.3, 0.4) is 0 Å². The summed E-state index contributed by atoms with van der Waals surface area (Å²) < 4.78 is 16.2. The first-order chi connectivity index (χ1) is 12.9. The number of amides is 1. The number of hydrogen-bond donors (Lipinski definition) is 2. The Morgan fingerprint density at radius 2 is 1.96 bits per heavy atom. The number of methoxy groups -OCH3 is 2. The fraction of sp³-hybridized carbons (Fsp3) is 0.600. The molecule has 0 heterocycles. The van der Waals surface area contributed by atoms with E-state index in [9.17, 15) is 14.7 Å². The SMILES string of the molecule is COc1ccc(C(CC(=O)O)NC(=O)COC2CCCC(C)C2)cc1OC. The third-order valence-corrected chi connectivity index (χ3v) is 4.86. The largest absolute Gasteiger partial charge is 0.493 e. The molecule has 0 bridgehead atoms. The number of carbonyl (C=O) groups excluding carboxylic acids is 1. The number of carboxylic acid groups (broad SMARTS) is 1. The summed E-state index contributed by atoms with van der Waals surface area (Å²) in [5, 5.41) is 12.0. The van der Waals surface area contributed by atoms with Gasteiger partial charge in [0, 0.05) is 0 Å². The topological polar surface area (TPSA) is 94.1 Å². The Bertz CT molecular complexity index is 647. The second-order valence-electron chi connectivity index (χ2n) is 7.04. The van der Waals surface area contributed by atoms with E-state index in [4.69, 9.17) is 14.2 Å². The zero-order valence-electron chi connectivity index (χ0n) is 16.2. The molecule has 7 heteroatoms. The average molecular weight is 379 g/mol. The van der Waals surface area contributed by atoms with Crippen LogP contribution >= 0.6 is 0 Å². The number of rotatable bonds is 9. The molecule has 3 unspecified atom stereocenters. The molecule has 1 fully saturated rings. The van der Waals surface area contributed by atoms with Crippen molar-refractivity contribution in [1.82, 2.24) is 5.32 Å². The van der Waals surface area contributed by atoms with Crippen LogP contribution in [0, 0.1) is 5.92 Å². The molecule has 3 atom stereocenters. The van der Waals surface area contributed by atoms with Crippen LogP contribution in [-0.4, -0.2) is 43.9 Å². The minimum atomic E-state index is -1.00. The predicted octanol–water partition coefficient (Wildman–Crippen LogP) is 2.93. The van der Waals surface area contributed by atoms with Crippen molar-refractivity contribution in [2.24, 2.45) is 5.92 Å². The zero-order valence-corrected chi connectivity index (χ0v) is 16.2. The lowest BCUT2D eigenvalue weighted by Gasteiger charge is -2.27. The van der Waals surface area contributed by atoms with Crippen molar-refractivity contribution in [3.63, 3.8) is 0 Å². The van der Waals surface area contributed by atoms with Crippen molar-refractivity contribution < 1.29 is 28.9 Å². The van der Waals surface area contributed by atoms with E-state index in [1.54, 1.807) is 18.2 Å². The predicted molar refractivity (Wildman–Crippen MR) is 100 cm³/mol. The number of aliphatic carboxylic acids is 1. The first-order valence-corrected chi connectivity index (χ1v) is 9.27. The maximum absolute atomic E-state index is 12.3. The van der Waals surface area contributed by atoms with Crippen molar-refractivity contribution >= 4 is 11.9 Å². The van der Waals surface area contributed by atoms with E-state index in [1.165, 1.54) is 20.6 Å². The molecular weight excluding hydrogens is 350 g/mol. The highest BCUT2D eigenvalue weighted by atomic mass is 16.5. The molecule has 0 spiro atoms. The van der Waals surface area contributed by atoms with Crippen molar-refractivity contribution in [3.05, 3.63) is 23.8 Å². The quantitative estimate of drug-likeness (QED) is 0.685. The summed E-state index contributed by atoms with van der Waals surface area (Å²) in [5.41, 5.74) is 0.634. The molecule has 0 aliphatic heterocycles. The molecule has 1 aromatic rings. The monoisotopic (exact) mass is 379 g/mol. The third-order valence-electron chi connectivity index (χ3n) is 4.86. The van der Waals surface area contributed by atoms with Crippen LogP contribution in [0.15, 0.2) is 18.2 Å². The number of ether oxygens (including phenoxy) is 3. The Balaban J connectivity index is 2.01. The lowest BCUT2D eigenvalue weighted by atomic mass is 9.89. The standard InChI is InChI=1S/C20H29NO6/c1-13-5-4-6-15(9-13)27-12-19(22)21-16(11-20(23)24)14-7-8-17(25-2)18(10-14)26-3/h7-8,10,13,15-16H,4-6,9,11-12H2,1-3H3,(H,21,22)(H,23,24). The van der Waals surface area contributed by atoms with Gasteiger partial charge in [-0.2, -0.15) is 0 Å². The summed E-state index contributed by atoms with van der Waals surface area (Å²) in [4.78, 5) is 23.6. The highest BCUT2D eigenvalue weighted by Crippen LogP contribution is 2.31. The van der Waals surface area contributed by atoms with Crippen LogP contribution in [0.1, 0.15) is 50.6 Å². The van der Waals surface area contributed by atoms with Gasteiger partial charge < -0.3 is 24.6 Å². The average Bonchev–Trinajstić information content (AvgIpc) is 2.65. The lowest BCUT2D eigenvalue weighted by molar-refractivity contribution is -0.138. The number of hydrogen-bond acceptors (Lipinski definition) is 5. The van der Waals surface area contributed by atoms with E-state index in [0.717, 1.165) is 19.3 Å². The molecule has 1 aromatic carbocycles. The van der Waals surface area contributed by atoms with E-state index in [2.05, 4.69) is 12.2 Å². The van der Waals surface area contributed by atoms with Gasteiger partial charge in [0.25, 0.3) is 0 Å². The molecule has 0 aromatic heterocycles. The van der Waals surface area contributed by atoms with Gasteiger partial charge in [-0.1, -0.05) is 25.8 Å². The van der Waals surface area contributed by atoms with Crippen molar-refractivity contribution in [3.8, 4) is 11.5 Å². The summed E-state index contributed by atoms with van der Waals surface area (Å²) in [5.74, 6) is 0.299. The van der Waals surface area contributed by atoms with Gasteiger partial charge in [0.1, 0.15) is 6.61 Å². The Morgan fingerprint density at radius 3 is 2.59 bits per heavy atom. The van der Waals surface area contributed by atoms with Gasteiger partial charge in [-0.3, -0.25) is 9.59 Å². The molecular formula is C20H29NO6. The second kappa shape index (κ2) is 10.2. The molecule has 2 rings (SSSR count). The fourth-order valence-corrected chi connectivity index (χ4v) is 3.46. The van der Waals surface area contributed by atoms with Crippen LogP contribution < -0.4 is 14.8 Å². The van der Waals surface area contributed by atoms with Gasteiger partial charge >= 0.3 is 5.97 Å². The van der Waals surface area contributed by atoms with Gasteiger partial charge in [-0.05, 0) is 36.5 Å². The van der Waals surface area contributed by atoms with Crippen LogP contribution in [0.2, 0.25) is 0 Å². The van der Waals surface area contributed by atoms with Gasteiger partial charge in [0.2, 0.25) is 5.91 Å². The first-order valence-electron chi connectivity index (χ1n) is 9.27. The van der Waals surface area contributed by atoms with Crippen LogP contribution in [0.25, 0.3) is 0 Å². The molecule has 1 aliphatic rings. The van der Waals surface area contributed by atoms with E-state index in [-0.39, 0.29) is 25.0 Å². The van der Waals surface area contributed by atoms with E-state index in [0.29, 0.717) is 23.0 Å². The van der Waals surface area contributed by atoms with Gasteiger partial charge in [-0.15, -0.1) is 0 Å². The highest BCUT2D eigenvalue weighted by molar-refractivity contribution is 5.79. The van der Waals surface area contributed by atoms with Gasteiger partial charge in [-0.25, -0.2) is 0 Å². The van der Waals surface area contributed by atoms with E-state index in [1.807, 2.05) is 0 Å². The minimum absolute atomic E-state index is 0.0687. The van der Waals surface area contributed by atoms with Gasteiger partial charge in [0.15, 0.2) is 11.5 Å². The van der Waals surface area contributed by atoms with E-state index >= 15 is 0 Å². The number of carbonyl (C=O) groups is 2. The summed E-state index contributed by atoms with van der Waals surface area (Å²) in [6.07, 6.45) is 4.10. The normalized spacial score (nSPS) is 20.6. The molecule has 7 nitrogen and oxygen atoms in total. The molecule has 0 radical (unpaired) electrons. The molecule has 0 saturated heterocycles. The molecule has 1 saturated carbocycles. The number of nitrogens with one attached hydrogen (secondary N) is 1. The molecule has 2 N–H and O–H groups in total. The minimum Gasteiger partial charge on any atom is -0.493 e. The molecule has 150 valence electrons. The summed E-state index contributed by atoms with van der Waals surface area (Å²) in [6.45, 7) is 2.12. The fourth-order valence-electron chi connectivity index (χ4n) is 3.46. The maximum atomic E-state index is 12.3. The number of carboxylic acids is 1. The van der Waals surface area contributed by atoms with Crippen molar-refractivity contribution in [2.75, 3.05) is 20.8 Å².